The molecule has 0 fully saturated rings. The number of hydrogen-bond donors (Lipinski definition) is 3. The van der Waals surface area contributed by atoms with Crippen LogP contribution in [0.4, 0.5) is 5.69 Å². The van der Waals surface area contributed by atoms with Gasteiger partial charge in [-0.25, -0.2) is 5.84 Å². The number of carbonyl (C=O) groups excluding carboxylic acids is 1. The number of nitrogens with two attached hydrogens (primary N) is 1. The molecule has 1 aromatic rings. The molecular formula is C11H16ClN3O. The molecule has 0 saturated carbocycles. The lowest BCUT2D eigenvalue weighted by Gasteiger charge is -2.13. The van der Waals surface area contributed by atoms with Crippen LogP contribution in [-0.4, -0.2) is 12.5 Å². The van der Waals surface area contributed by atoms with Crippen molar-refractivity contribution >= 4 is 23.2 Å². The van der Waals surface area contributed by atoms with E-state index in [9.17, 15) is 4.79 Å². The van der Waals surface area contributed by atoms with Crippen LogP contribution >= 0.6 is 11.6 Å². The van der Waals surface area contributed by atoms with Crippen molar-refractivity contribution in [1.82, 2.24) is 5.43 Å². The molecule has 0 aromatic heterocycles. The highest BCUT2D eigenvalue weighted by Crippen LogP contribution is 2.20. The Morgan fingerprint density at radius 2 is 2.19 bits per heavy atom. The minimum Gasteiger partial charge on any atom is -0.384 e. The summed E-state index contributed by atoms with van der Waals surface area (Å²) in [4.78, 5) is 11.5. The molecule has 88 valence electrons. The lowest BCUT2D eigenvalue weighted by Crippen LogP contribution is -2.30. The Kier molecular flexibility index (Phi) is 4.58. The van der Waals surface area contributed by atoms with Gasteiger partial charge in [0.1, 0.15) is 0 Å². The van der Waals surface area contributed by atoms with Gasteiger partial charge in [0.2, 0.25) is 0 Å². The number of anilines is 1. The van der Waals surface area contributed by atoms with Crippen molar-refractivity contribution in [1.29, 1.82) is 0 Å². The van der Waals surface area contributed by atoms with Crippen molar-refractivity contribution in [3.8, 4) is 0 Å². The second kappa shape index (κ2) is 5.72. The van der Waals surface area contributed by atoms with Crippen LogP contribution in [0.25, 0.3) is 0 Å². The van der Waals surface area contributed by atoms with Crippen molar-refractivity contribution in [3.63, 3.8) is 0 Å². The van der Waals surface area contributed by atoms with Crippen LogP contribution in [0.5, 0.6) is 0 Å². The van der Waals surface area contributed by atoms with Crippen LogP contribution < -0.4 is 16.6 Å². The number of hydrogen-bond acceptors (Lipinski definition) is 3. The maximum atomic E-state index is 11.5. The molecule has 0 radical (unpaired) electrons. The van der Waals surface area contributed by atoms with Gasteiger partial charge >= 0.3 is 0 Å². The molecule has 4 N–H and O–H groups in total. The standard InChI is InChI=1S/C11H16ClN3O/c1-7(2)6-14-10-4-3-8(12)5-9(10)11(16)15-13/h3-5,7,14H,6,13H2,1-2H3,(H,15,16). The Balaban J connectivity index is 2.93. The molecule has 0 atom stereocenters. The summed E-state index contributed by atoms with van der Waals surface area (Å²) in [6.07, 6.45) is 0. The normalized spacial score (nSPS) is 10.3. The van der Waals surface area contributed by atoms with Gasteiger partial charge in [-0.05, 0) is 24.1 Å². The van der Waals surface area contributed by atoms with Gasteiger partial charge in [-0.1, -0.05) is 25.4 Å². The predicted octanol–water partition coefficient (Wildman–Crippen LogP) is 2.01. The molecule has 0 aliphatic heterocycles. The van der Waals surface area contributed by atoms with Gasteiger partial charge in [0.05, 0.1) is 5.56 Å². The minimum atomic E-state index is -0.353. The summed E-state index contributed by atoms with van der Waals surface area (Å²) in [7, 11) is 0. The van der Waals surface area contributed by atoms with Crippen LogP contribution in [-0.2, 0) is 0 Å². The zero-order valence-electron chi connectivity index (χ0n) is 9.38. The molecule has 0 aliphatic rings. The van der Waals surface area contributed by atoms with Crippen molar-refractivity contribution < 1.29 is 4.79 Å². The molecular weight excluding hydrogens is 226 g/mol. The lowest BCUT2D eigenvalue weighted by molar-refractivity contribution is 0.0954. The van der Waals surface area contributed by atoms with E-state index in [1.165, 1.54) is 0 Å². The predicted molar refractivity (Wildman–Crippen MR) is 66.4 cm³/mol. The Bertz CT molecular complexity index is 379. The molecule has 0 unspecified atom stereocenters. The number of rotatable bonds is 4. The number of halogens is 1. The molecule has 0 heterocycles. The zero-order valence-corrected chi connectivity index (χ0v) is 10.1. The summed E-state index contributed by atoms with van der Waals surface area (Å²) in [5.41, 5.74) is 3.29. The average molecular weight is 242 g/mol. The van der Waals surface area contributed by atoms with Gasteiger partial charge in [0.25, 0.3) is 5.91 Å². The fraction of sp³-hybridized carbons (Fsp3) is 0.364. The summed E-state index contributed by atoms with van der Waals surface area (Å²) in [6.45, 7) is 4.96. The maximum Gasteiger partial charge on any atom is 0.267 e. The Labute approximate surface area is 100 Å². The molecule has 4 nitrogen and oxygen atoms in total. The molecule has 1 aromatic carbocycles. The Hall–Kier alpha value is -1.26. The quantitative estimate of drug-likeness (QED) is 0.429. The monoisotopic (exact) mass is 241 g/mol. The van der Waals surface area contributed by atoms with Crippen LogP contribution in [0.15, 0.2) is 18.2 Å². The van der Waals surface area contributed by atoms with Crippen molar-refractivity contribution in [2.45, 2.75) is 13.8 Å². The van der Waals surface area contributed by atoms with Gasteiger partial charge in [-0.15, -0.1) is 0 Å². The Morgan fingerprint density at radius 1 is 1.50 bits per heavy atom. The number of hydrazine groups is 1. The first kappa shape index (κ1) is 12.8. The lowest BCUT2D eigenvalue weighted by atomic mass is 10.1. The number of amides is 1. The van der Waals surface area contributed by atoms with Crippen molar-refractivity contribution in [3.05, 3.63) is 28.8 Å². The highest BCUT2D eigenvalue weighted by atomic mass is 35.5. The van der Waals surface area contributed by atoms with E-state index in [0.717, 1.165) is 12.2 Å². The molecule has 1 amide bonds. The molecule has 0 aliphatic carbocycles. The number of benzene rings is 1. The highest BCUT2D eigenvalue weighted by Gasteiger charge is 2.10. The molecule has 0 spiro atoms. The Morgan fingerprint density at radius 3 is 2.75 bits per heavy atom. The first-order valence-electron chi connectivity index (χ1n) is 5.09. The van der Waals surface area contributed by atoms with E-state index in [0.29, 0.717) is 16.5 Å². The van der Waals surface area contributed by atoms with E-state index in [1.54, 1.807) is 18.2 Å². The third kappa shape index (κ3) is 3.40. The average Bonchev–Trinajstić information content (AvgIpc) is 2.26. The summed E-state index contributed by atoms with van der Waals surface area (Å²) >= 11 is 5.83. The van der Waals surface area contributed by atoms with Gasteiger partial charge in [0, 0.05) is 17.3 Å². The summed E-state index contributed by atoms with van der Waals surface area (Å²) in [6, 6.07) is 5.10. The largest absolute Gasteiger partial charge is 0.384 e. The van der Waals surface area contributed by atoms with Gasteiger partial charge in [-0.3, -0.25) is 10.2 Å². The van der Waals surface area contributed by atoms with E-state index in [4.69, 9.17) is 17.4 Å². The summed E-state index contributed by atoms with van der Waals surface area (Å²) in [5, 5.41) is 3.69. The van der Waals surface area contributed by atoms with E-state index in [2.05, 4.69) is 24.6 Å². The molecule has 1 rings (SSSR count). The first-order chi connectivity index (χ1) is 7.54. The number of nitrogen functional groups attached to an aromatic ring is 1. The number of carbonyl (C=O) groups is 1. The van der Waals surface area contributed by atoms with Crippen LogP contribution in [0.3, 0.4) is 0 Å². The molecule has 0 saturated heterocycles. The fourth-order valence-corrected chi connectivity index (χ4v) is 1.42. The molecule has 0 bridgehead atoms. The smallest absolute Gasteiger partial charge is 0.267 e. The SMILES string of the molecule is CC(C)CNc1ccc(Cl)cc1C(=O)NN. The van der Waals surface area contributed by atoms with Crippen LogP contribution in [0.2, 0.25) is 5.02 Å². The van der Waals surface area contributed by atoms with E-state index in [1.807, 2.05) is 0 Å². The van der Waals surface area contributed by atoms with Gasteiger partial charge in [-0.2, -0.15) is 0 Å². The van der Waals surface area contributed by atoms with E-state index >= 15 is 0 Å². The minimum absolute atomic E-state index is 0.353. The van der Waals surface area contributed by atoms with E-state index < -0.39 is 0 Å². The third-order valence-corrected chi connectivity index (χ3v) is 2.29. The second-order valence-electron chi connectivity index (χ2n) is 3.94. The highest BCUT2D eigenvalue weighted by molar-refractivity contribution is 6.31. The fourth-order valence-electron chi connectivity index (χ4n) is 1.25. The summed E-state index contributed by atoms with van der Waals surface area (Å²) < 4.78 is 0. The van der Waals surface area contributed by atoms with Gasteiger partial charge < -0.3 is 5.32 Å². The molecule has 5 heteroatoms. The van der Waals surface area contributed by atoms with Crippen molar-refractivity contribution in [2.24, 2.45) is 11.8 Å². The van der Waals surface area contributed by atoms with Crippen LogP contribution in [0.1, 0.15) is 24.2 Å². The topological polar surface area (TPSA) is 67.2 Å². The van der Waals surface area contributed by atoms with Crippen LogP contribution in [0, 0.1) is 5.92 Å². The third-order valence-electron chi connectivity index (χ3n) is 2.06. The maximum absolute atomic E-state index is 11.5. The second-order valence-corrected chi connectivity index (χ2v) is 4.37. The van der Waals surface area contributed by atoms with Gasteiger partial charge in [0.15, 0.2) is 0 Å². The molecule has 16 heavy (non-hydrogen) atoms. The summed E-state index contributed by atoms with van der Waals surface area (Å²) in [5.74, 6) is 5.25. The van der Waals surface area contributed by atoms with Crippen molar-refractivity contribution in [2.75, 3.05) is 11.9 Å². The van der Waals surface area contributed by atoms with E-state index in [-0.39, 0.29) is 5.91 Å². The first-order valence-corrected chi connectivity index (χ1v) is 5.46. The number of nitrogens with one attached hydrogen (secondary N) is 2. The zero-order chi connectivity index (χ0) is 12.1.